The third-order valence-electron chi connectivity index (χ3n) is 3.74. The molecule has 1 aromatic rings. The molecule has 0 saturated heterocycles. The maximum absolute atomic E-state index is 12.3. The van der Waals surface area contributed by atoms with Gasteiger partial charge in [-0.3, -0.25) is 4.79 Å². The lowest BCUT2D eigenvalue weighted by atomic mass is 9.86. The van der Waals surface area contributed by atoms with Crippen molar-refractivity contribution in [2.24, 2.45) is 11.1 Å². The minimum absolute atomic E-state index is 0.113. The fourth-order valence-corrected chi connectivity index (χ4v) is 1.95. The number of ether oxygens (including phenoxy) is 1. The zero-order valence-corrected chi connectivity index (χ0v) is 12.8. The van der Waals surface area contributed by atoms with E-state index in [0.29, 0.717) is 19.7 Å². The first kappa shape index (κ1) is 16.5. The van der Waals surface area contributed by atoms with Crippen molar-refractivity contribution in [3.05, 3.63) is 30.3 Å². The van der Waals surface area contributed by atoms with E-state index in [1.165, 1.54) is 0 Å². The maximum atomic E-state index is 12.3. The number of rotatable bonds is 8. The molecule has 0 saturated carbocycles. The van der Waals surface area contributed by atoms with Gasteiger partial charge in [0.05, 0.1) is 12.0 Å². The number of carbonyl (C=O) groups is 1. The molecule has 1 amide bonds. The number of carbonyl (C=O) groups excluding carboxylic acids is 1. The Balaban J connectivity index is 2.33. The van der Waals surface area contributed by atoms with Crippen molar-refractivity contribution in [1.82, 2.24) is 4.90 Å². The van der Waals surface area contributed by atoms with Crippen LogP contribution in [0.5, 0.6) is 5.75 Å². The number of benzene rings is 1. The molecule has 0 aliphatic carbocycles. The van der Waals surface area contributed by atoms with E-state index in [-0.39, 0.29) is 5.91 Å². The zero-order valence-electron chi connectivity index (χ0n) is 12.8. The fraction of sp³-hybridized carbons (Fsp3) is 0.562. The van der Waals surface area contributed by atoms with Gasteiger partial charge in [-0.1, -0.05) is 25.1 Å². The Bertz CT molecular complexity index is 402. The smallest absolute Gasteiger partial charge is 0.229 e. The standard InChI is InChI=1S/C16H26N2O2/c1-4-16(2,13-17)15(19)18(3)11-8-12-20-14-9-6-5-7-10-14/h5-7,9-10H,4,8,11-13,17H2,1-3H3. The number of nitrogens with zero attached hydrogens (tertiary/aromatic N) is 1. The average molecular weight is 278 g/mol. The van der Waals surface area contributed by atoms with Crippen molar-refractivity contribution in [3.63, 3.8) is 0 Å². The van der Waals surface area contributed by atoms with Gasteiger partial charge in [0, 0.05) is 20.1 Å². The monoisotopic (exact) mass is 278 g/mol. The molecule has 0 aromatic heterocycles. The molecule has 0 spiro atoms. The summed E-state index contributed by atoms with van der Waals surface area (Å²) in [5, 5.41) is 0. The largest absolute Gasteiger partial charge is 0.494 e. The molecule has 1 atom stereocenters. The van der Waals surface area contributed by atoms with Crippen LogP contribution >= 0.6 is 0 Å². The van der Waals surface area contributed by atoms with E-state index in [4.69, 9.17) is 10.5 Å². The molecule has 0 bridgehead atoms. The summed E-state index contributed by atoms with van der Waals surface area (Å²) < 4.78 is 5.61. The molecule has 20 heavy (non-hydrogen) atoms. The lowest BCUT2D eigenvalue weighted by Gasteiger charge is -2.30. The number of amides is 1. The van der Waals surface area contributed by atoms with Crippen LogP contribution < -0.4 is 10.5 Å². The molecular formula is C16H26N2O2. The SMILES string of the molecule is CCC(C)(CN)C(=O)N(C)CCCOc1ccccc1. The molecule has 1 rings (SSSR count). The second-order valence-corrected chi connectivity index (χ2v) is 5.36. The van der Waals surface area contributed by atoms with Crippen LogP contribution in [-0.2, 0) is 4.79 Å². The number of hydrogen-bond donors (Lipinski definition) is 1. The van der Waals surface area contributed by atoms with Crippen molar-refractivity contribution in [1.29, 1.82) is 0 Å². The van der Waals surface area contributed by atoms with Crippen molar-refractivity contribution >= 4 is 5.91 Å². The molecule has 2 N–H and O–H groups in total. The van der Waals surface area contributed by atoms with Crippen LogP contribution in [-0.4, -0.2) is 37.6 Å². The molecular weight excluding hydrogens is 252 g/mol. The maximum Gasteiger partial charge on any atom is 0.229 e. The summed E-state index contributed by atoms with van der Waals surface area (Å²) in [6.07, 6.45) is 1.56. The highest BCUT2D eigenvalue weighted by atomic mass is 16.5. The first-order chi connectivity index (χ1) is 9.53. The summed E-state index contributed by atoms with van der Waals surface area (Å²) in [5.41, 5.74) is 5.27. The van der Waals surface area contributed by atoms with Crippen LogP contribution in [0.4, 0.5) is 0 Å². The van der Waals surface area contributed by atoms with Gasteiger partial charge in [-0.2, -0.15) is 0 Å². The molecule has 0 radical (unpaired) electrons. The Morgan fingerprint density at radius 1 is 1.35 bits per heavy atom. The summed E-state index contributed by atoms with van der Waals surface area (Å²) in [6.45, 7) is 5.59. The Hall–Kier alpha value is -1.55. The van der Waals surface area contributed by atoms with E-state index in [9.17, 15) is 4.79 Å². The Labute approximate surface area is 121 Å². The van der Waals surface area contributed by atoms with Gasteiger partial charge < -0.3 is 15.4 Å². The summed E-state index contributed by atoms with van der Waals surface area (Å²) in [7, 11) is 1.83. The van der Waals surface area contributed by atoms with Gasteiger partial charge in [-0.05, 0) is 31.9 Å². The Morgan fingerprint density at radius 3 is 2.55 bits per heavy atom. The van der Waals surface area contributed by atoms with E-state index in [1.54, 1.807) is 4.90 Å². The normalized spacial score (nSPS) is 13.6. The van der Waals surface area contributed by atoms with E-state index in [0.717, 1.165) is 18.6 Å². The number of para-hydroxylation sites is 1. The highest BCUT2D eigenvalue weighted by Gasteiger charge is 2.31. The second-order valence-electron chi connectivity index (χ2n) is 5.36. The quantitative estimate of drug-likeness (QED) is 0.742. The van der Waals surface area contributed by atoms with Gasteiger partial charge in [0.2, 0.25) is 5.91 Å². The lowest BCUT2D eigenvalue weighted by molar-refractivity contribution is -0.139. The van der Waals surface area contributed by atoms with Gasteiger partial charge in [0.15, 0.2) is 0 Å². The van der Waals surface area contributed by atoms with Crippen LogP contribution in [0.3, 0.4) is 0 Å². The summed E-state index contributed by atoms with van der Waals surface area (Å²) in [5.74, 6) is 0.976. The third-order valence-corrected chi connectivity index (χ3v) is 3.74. The number of hydrogen-bond acceptors (Lipinski definition) is 3. The van der Waals surface area contributed by atoms with E-state index in [1.807, 2.05) is 51.2 Å². The summed E-state index contributed by atoms with van der Waals surface area (Å²) >= 11 is 0. The molecule has 1 unspecified atom stereocenters. The van der Waals surface area contributed by atoms with Crippen LogP contribution in [0.25, 0.3) is 0 Å². The van der Waals surface area contributed by atoms with Crippen LogP contribution in [0.1, 0.15) is 26.7 Å². The first-order valence-corrected chi connectivity index (χ1v) is 7.17. The Kier molecular flexibility index (Phi) is 6.52. The van der Waals surface area contributed by atoms with E-state index in [2.05, 4.69) is 0 Å². The van der Waals surface area contributed by atoms with Crippen molar-refractivity contribution in [3.8, 4) is 5.75 Å². The van der Waals surface area contributed by atoms with Crippen molar-refractivity contribution in [2.45, 2.75) is 26.7 Å². The van der Waals surface area contributed by atoms with Gasteiger partial charge in [-0.15, -0.1) is 0 Å². The predicted molar refractivity (Wildman–Crippen MR) is 81.6 cm³/mol. The van der Waals surface area contributed by atoms with Gasteiger partial charge in [0.1, 0.15) is 5.75 Å². The Morgan fingerprint density at radius 2 is 2.00 bits per heavy atom. The molecule has 0 heterocycles. The minimum Gasteiger partial charge on any atom is -0.494 e. The molecule has 4 heteroatoms. The van der Waals surface area contributed by atoms with Gasteiger partial charge in [-0.25, -0.2) is 0 Å². The van der Waals surface area contributed by atoms with Gasteiger partial charge in [0.25, 0.3) is 0 Å². The van der Waals surface area contributed by atoms with E-state index < -0.39 is 5.41 Å². The number of nitrogens with two attached hydrogens (primary N) is 1. The van der Waals surface area contributed by atoms with Crippen LogP contribution in [0.2, 0.25) is 0 Å². The van der Waals surface area contributed by atoms with Crippen LogP contribution in [0, 0.1) is 5.41 Å². The molecule has 112 valence electrons. The second kappa shape index (κ2) is 7.90. The average Bonchev–Trinajstić information content (AvgIpc) is 2.50. The molecule has 4 nitrogen and oxygen atoms in total. The van der Waals surface area contributed by atoms with Crippen molar-refractivity contribution < 1.29 is 9.53 Å². The van der Waals surface area contributed by atoms with E-state index >= 15 is 0 Å². The molecule has 1 aromatic carbocycles. The highest BCUT2D eigenvalue weighted by molar-refractivity contribution is 5.82. The predicted octanol–water partition coefficient (Wildman–Crippen LogP) is 2.29. The highest BCUT2D eigenvalue weighted by Crippen LogP contribution is 2.22. The topological polar surface area (TPSA) is 55.6 Å². The molecule has 0 fully saturated rings. The van der Waals surface area contributed by atoms with Crippen molar-refractivity contribution in [2.75, 3.05) is 26.7 Å². The van der Waals surface area contributed by atoms with Crippen LogP contribution in [0.15, 0.2) is 30.3 Å². The van der Waals surface area contributed by atoms with Gasteiger partial charge >= 0.3 is 0 Å². The minimum atomic E-state index is -0.449. The lowest BCUT2D eigenvalue weighted by Crippen LogP contribution is -2.44. The third kappa shape index (κ3) is 4.53. The fourth-order valence-electron chi connectivity index (χ4n) is 1.95. The summed E-state index contributed by atoms with van der Waals surface area (Å²) in [6, 6.07) is 9.70. The zero-order chi connectivity index (χ0) is 15.0. The molecule has 0 aliphatic heterocycles. The molecule has 0 aliphatic rings. The first-order valence-electron chi connectivity index (χ1n) is 7.17. The summed E-state index contributed by atoms with van der Waals surface area (Å²) in [4.78, 5) is 14.1.